The van der Waals surface area contributed by atoms with Crippen LogP contribution in [0.3, 0.4) is 0 Å². The van der Waals surface area contributed by atoms with E-state index >= 15 is 0 Å². The summed E-state index contributed by atoms with van der Waals surface area (Å²) in [7, 11) is 0. The lowest BCUT2D eigenvalue weighted by atomic mass is 10.7. The molecule has 0 amide bonds. The van der Waals surface area contributed by atoms with Gasteiger partial charge in [-0.2, -0.15) is 22.0 Å². The van der Waals surface area contributed by atoms with E-state index < -0.39 is 17.3 Å². The fraction of sp³-hybridized carbons (Fsp3) is 1.00. The molecule has 0 rings (SSSR count). The van der Waals surface area contributed by atoms with E-state index in [2.05, 4.69) is 27.9 Å². The summed E-state index contributed by atoms with van der Waals surface area (Å²) >= 11 is 8.32. The Balaban J connectivity index is 3.99. The Morgan fingerprint density at radius 3 is 1.55 bits per heavy atom. The van der Waals surface area contributed by atoms with E-state index in [-0.39, 0.29) is 0 Å². The van der Waals surface area contributed by atoms with Gasteiger partial charge in [0.05, 0.1) is 0 Å². The van der Waals surface area contributed by atoms with E-state index in [0.29, 0.717) is 0 Å². The van der Waals surface area contributed by atoms with Gasteiger partial charge >= 0.3 is 11.7 Å². The largest absolute Gasteiger partial charge is 0.442 e. The number of hydrogen-bond acceptors (Lipinski definition) is 1. The highest BCUT2D eigenvalue weighted by molar-refractivity contribution is 6.22. The van der Waals surface area contributed by atoms with Crippen LogP contribution in [0.4, 0.5) is 22.0 Å². The van der Waals surface area contributed by atoms with Gasteiger partial charge in [-0.3, -0.25) is 4.74 Å². The fourth-order valence-electron chi connectivity index (χ4n) is 0.184. The molecule has 0 spiro atoms. The summed E-state index contributed by atoms with van der Waals surface area (Å²) in [5.74, 6) is 0. The molecule has 8 heteroatoms. The molecule has 1 atom stereocenters. The van der Waals surface area contributed by atoms with E-state index in [1.807, 2.05) is 0 Å². The summed E-state index contributed by atoms with van der Waals surface area (Å²) < 4.78 is 59.8. The SMILES string of the molecule is FC(F)(Cl)OC(Cl)C(F)(F)F. The second kappa shape index (κ2) is 3.28. The van der Waals surface area contributed by atoms with E-state index in [0.717, 1.165) is 0 Å². The summed E-state index contributed by atoms with van der Waals surface area (Å²) in [6.45, 7) is 0. The standard InChI is InChI=1S/C3HCl2F5O/c4-1(2(6,7)8)11-3(5,9)10/h1H. The Morgan fingerprint density at radius 1 is 1.09 bits per heavy atom. The van der Waals surface area contributed by atoms with Crippen molar-refractivity contribution in [3.05, 3.63) is 0 Å². The summed E-state index contributed by atoms with van der Waals surface area (Å²) in [5, 5.41) is 0. The normalized spacial score (nSPS) is 16.6. The van der Waals surface area contributed by atoms with Gasteiger partial charge in [0.25, 0.3) is 0 Å². The predicted molar refractivity (Wildman–Crippen MR) is 27.6 cm³/mol. The quantitative estimate of drug-likeness (QED) is 0.512. The summed E-state index contributed by atoms with van der Waals surface area (Å²) in [5.41, 5.74) is -7.50. The molecule has 0 aromatic carbocycles. The summed E-state index contributed by atoms with van der Waals surface area (Å²) in [6, 6.07) is 0. The predicted octanol–water partition coefficient (Wildman–Crippen LogP) is 2.92. The smallest absolute Gasteiger partial charge is 0.278 e. The van der Waals surface area contributed by atoms with Crippen molar-refractivity contribution in [3.63, 3.8) is 0 Å². The third-order valence-electron chi connectivity index (χ3n) is 0.494. The van der Waals surface area contributed by atoms with Crippen molar-refractivity contribution in [2.75, 3.05) is 0 Å². The molecule has 1 nitrogen and oxygen atoms in total. The minimum absolute atomic E-state index is 2.87. The number of hydrogen-bond donors (Lipinski definition) is 0. The van der Waals surface area contributed by atoms with Gasteiger partial charge in [0, 0.05) is 0 Å². The lowest BCUT2D eigenvalue weighted by molar-refractivity contribution is -0.264. The van der Waals surface area contributed by atoms with Crippen molar-refractivity contribution < 1.29 is 26.7 Å². The molecule has 0 saturated carbocycles. The molecule has 11 heavy (non-hydrogen) atoms. The van der Waals surface area contributed by atoms with Gasteiger partial charge in [0.1, 0.15) is 0 Å². The highest BCUT2D eigenvalue weighted by atomic mass is 35.5. The highest BCUT2D eigenvalue weighted by Crippen LogP contribution is 2.32. The lowest BCUT2D eigenvalue weighted by Gasteiger charge is -2.16. The Kier molecular flexibility index (Phi) is 3.34. The van der Waals surface area contributed by atoms with Crippen molar-refractivity contribution in [2.45, 2.75) is 17.3 Å². The molecule has 0 saturated heterocycles. The van der Waals surface area contributed by atoms with Crippen LogP contribution in [0.1, 0.15) is 0 Å². The fourth-order valence-corrected chi connectivity index (χ4v) is 0.431. The minimum atomic E-state index is -5.06. The Labute approximate surface area is 68.0 Å². The van der Waals surface area contributed by atoms with E-state index in [9.17, 15) is 22.0 Å². The third kappa shape index (κ3) is 5.46. The molecule has 0 aliphatic heterocycles. The van der Waals surface area contributed by atoms with Crippen molar-refractivity contribution in [2.24, 2.45) is 0 Å². The lowest BCUT2D eigenvalue weighted by Crippen LogP contribution is -2.31. The average molecular weight is 219 g/mol. The van der Waals surface area contributed by atoms with Gasteiger partial charge in [-0.1, -0.05) is 11.6 Å². The van der Waals surface area contributed by atoms with Gasteiger partial charge in [0.2, 0.25) is 5.56 Å². The molecule has 68 valence electrons. The van der Waals surface area contributed by atoms with Gasteiger partial charge < -0.3 is 0 Å². The van der Waals surface area contributed by atoms with Crippen LogP contribution in [0.2, 0.25) is 0 Å². The zero-order valence-electron chi connectivity index (χ0n) is 4.63. The Bertz CT molecular complexity index is 129. The molecule has 0 heterocycles. The van der Waals surface area contributed by atoms with E-state index in [4.69, 9.17) is 0 Å². The zero-order valence-corrected chi connectivity index (χ0v) is 6.14. The maximum Gasteiger partial charge on any atom is 0.442 e. The van der Waals surface area contributed by atoms with Crippen LogP contribution in [0, 0.1) is 0 Å². The minimum Gasteiger partial charge on any atom is -0.278 e. The first kappa shape index (κ1) is 11.2. The first-order chi connectivity index (χ1) is 4.63. The molecule has 0 fully saturated rings. The topological polar surface area (TPSA) is 9.23 Å². The average Bonchev–Trinajstić information content (AvgIpc) is 1.56. The second-order valence-electron chi connectivity index (χ2n) is 1.42. The van der Waals surface area contributed by atoms with Crippen LogP contribution in [0.15, 0.2) is 0 Å². The van der Waals surface area contributed by atoms with Crippen LogP contribution in [-0.2, 0) is 4.74 Å². The van der Waals surface area contributed by atoms with Crippen molar-refractivity contribution in [3.8, 4) is 0 Å². The van der Waals surface area contributed by atoms with Crippen LogP contribution in [-0.4, -0.2) is 17.3 Å². The van der Waals surface area contributed by atoms with Crippen LogP contribution in [0.25, 0.3) is 0 Å². The van der Waals surface area contributed by atoms with Gasteiger partial charge in [-0.05, 0) is 11.6 Å². The van der Waals surface area contributed by atoms with Gasteiger partial charge in [-0.15, -0.1) is 0 Å². The maximum atomic E-state index is 11.5. The Morgan fingerprint density at radius 2 is 1.45 bits per heavy atom. The molecular formula is C3HCl2F5O. The molecule has 0 aliphatic rings. The summed E-state index contributed by atoms with van der Waals surface area (Å²) in [4.78, 5) is 0. The molecule has 0 aromatic heterocycles. The van der Waals surface area contributed by atoms with Crippen LogP contribution in [0.5, 0.6) is 0 Å². The first-order valence-electron chi connectivity index (χ1n) is 2.08. The van der Waals surface area contributed by atoms with Crippen molar-refractivity contribution in [1.82, 2.24) is 0 Å². The maximum absolute atomic E-state index is 11.5. The van der Waals surface area contributed by atoms with Gasteiger partial charge in [-0.25, -0.2) is 0 Å². The third-order valence-corrected chi connectivity index (χ3v) is 0.920. The molecule has 0 radical (unpaired) electrons. The molecule has 0 aromatic rings. The van der Waals surface area contributed by atoms with Crippen LogP contribution >= 0.6 is 23.2 Å². The van der Waals surface area contributed by atoms with Crippen molar-refractivity contribution >= 4 is 23.2 Å². The number of alkyl halides is 7. The number of rotatable bonds is 2. The molecule has 0 bridgehead atoms. The van der Waals surface area contributed by atoms with Crippen LogP contribution < -0.4 is 0 Å². The summed E-state index contributed by atoms with van der Waals surface area (Å²) in [6.07, 6.45) is -5.06. The molecule has 0 aliphatic carbocycles. The van der Waals surface area contributed by atoms with E-state index in [1.165, 1.54) is 0 Å². The monoisotopic (exact) mass is 218 g/mol. The van der Waals surface area contributed by atoms with Gasteiger partial charge in [0.15, 0.2) is 0 Å². The van der Waals surface area contributed by atoms with E-state index in [1.54, 1.807) is 0 Å². The second-order valence-corrected chi connectivity index (χ2v) is 2.26. The van der Waals surface area contributed by atoms with Crippen molar-refractivity contribution in [1.29, 1.82) is 0 Å². The molecule has 0 N–H and O–H groups in total. The number of ether oxygens (including phenoxy) is 1. The zero-order chi connectivity index (χ0) is 9.28. The first-order valence-corrected chi connectivity index (χ1v) is 2.90. The Hall–Kier alpha value is 0.190. The molecule has 1 unspecified atom stereocenters. The highest BCUT2D eigenvalue weighted by Gasteiger charge is 2.45. The number of halogens is 7. The molecular weight excluding hydrogens is 218 g/mol.